The van der Waals surface area contributed by atoms with Gasteiger partial charge in [-0.25, -0.2) is 4.79 Å². The largest absolute Gasteiger partial charge is 0.496 e. The van der Waals surface area contributed by atoms with Crippen LogP contribution in [0.1, 0.15) is 73.4 Å². The van der Waals surface area contributed by atoms with Gasteiger partial charge in [-0.1, -0.05) is 41.5 Å². The highest BCUT2D eigenvalue weighted by Crippen LogP contribution is 2.49. The van der Waals surface area contributed by atoms with E-state index < -0.39 is 13.8 Å². The molecular weight excluding hydrogens is 416 g/mol. The summed E-state index contributed by atoms with van der Waals surface area (Å²) in [6.07, 6.45) is 2.96. The summed E-state index contributed by atoms with van der Waals surface area (Å²) in [5.41, 5.74) is 5.67. The normalized spacial score (nSPS) is 14.8. The summed E-state index contributed by atoms with van der Waals surface area (Å²) in [7, 11) is -0.257. The van der Waals surface area contributed by atoms with Gasteiger partial charge in [0.1, 0.15) is 11.4 Å². The predicted octanol–water partition coefficient (Wildman–Crippen LogP) is 7.28. The molecule has 5 nitrogen and oxygen atoms in total. The van der Waals surface area contributed by atoms with Crippen molar-refractivity contribution in [3.63, 3.8) is 0 Å². The zero-order chi connectivity index (χ0) is 24.2. The molecule has 0 saturated heterocycles. The molecule has 1 amide bonds. The van der Waals surface area contributed by atoms with Crippen molar-refractivity contribution in [1.82, 2.24) is 4.23 Å². The lowest BCUT2D eigenvalue weighted by Crippen LogP contribution is -2.51. The summed E-state index contributed by atoms with van der Waals surface area (Å²) in [5, 5.41) is 1.19. The first kappa shape index (κ1) is 24.7. The van der Waals surface area contributed by atoms with Crippen molar-refractivity contribution in [2.75, 3.05) is 18.6 Å². The molecule has 0 spiro atoms. The van der Waals surface area contributed by atoms with E-state index in [1.54, 1.807) is 7.11 Å². The van der Waals surface area contributed by atoms with Gasteiger partial charge in [0, 0.05) is 29.1 Å². The van der Waals surface area contributed by atoms with Gasteiger partial charge in [0.2, 0.25) is 0 Å². The second-order valence-corrected chi connectivity index (χ2v) is 16.9. The third-order valence-electron chi connectivity index (χ3n) is 7.25. The first-order valence-electron chi connectivity index (χ1n) is 12.0. The van der Waals surface area contributed by atoms with Crippen molar-refractivity contribution >= 4 is 30.9 Å². The number of ether oxygens (including phenoxy) is 2. The van der Waals surface area contributed by atoms with E-state index in [-0.39, 0.29) is 6.09 Å². The van der Waals surface area contributed by atoms with E-state index in [4.69, 9.17) is 9.47 Å². The molecule has 0 saturated carbocycles. The number of carbonyl (C=O) groups is 1. The third-order valence-corrected chi connectivity index (χ3v) is 14.0. The number of hydrogen-bond acceptors (Lipinski definition) is 3. The predicted molar refractivity (Wildman–Crippen MR) is 137 cm³/mol. The first-order chi connectivity index (χ1) is 14.8. The lowest BCUT2D eigenvalue weighted by atomic mass is 9.99. The molecule has 0 fully saturated rings. The van der Waals surface area contributed by atoms with Crippen molar-refractivity contribution in [1.29, 1.82) is 0 Å². The van der Waals surface area contributed by atoms with E-state index in [1.165, 1.54) is 16.5 Å². The van der Waals surface area contributed by atoms with Gasteiger partial charge in [0.25, 0.3) is 0 Å². The number of rotatable bonds is 5. The Balaban J connectivity index is 2.37. The molecular formula is C26H42N2O3Si. The Bertz CT molecular complexity index is 993. The molecule has 1 aliphatic heterocycles. The fourth-order valence-electron chi connectivity index (χ4n) is 6.26. The number of hydrogen-bond donors (Lipinski definition) is 0. The van der Waals surface area contributed by atoms with Crippen LogP contribution in [0.25, 0.3) is 10.9 Å². The lowest BCUT2D eigenvalue weighted by Gasteiger charge is -2.44. The van der Waals surface area contributed by atoms with Gasteiger partial charge < -0.3 is 13.7 Å². The highest BCUT2D eigenvalue weighted by Gasteiger charge is 2.47. The van der Waals surface area contributed by atoms with Gasteiger partial charge in [-0.15, -0.1) is 0 Å². The zero-order valence-corrected chi connectivity index (χ0v) is 22.9. The van der Waals surface area contributed by atoms with Crippen LogP contribution in [0, 0.1) is 6.92 Å². The number of anilines is 1. The molecule has 0 radical (unpaired) electrons. The summed E-state index contributed by atoms with van der Waals surface area (Å²) in [6, 6.07) is 2.20. The van der Waals surface area contributed by atoms with Crippen LogP contribution < -0.4 is 9.64 Å². The van der Waals surface area contributed by atoms with Crippen LogP contribution >= 0.6 is 0 Å². The van der Waals surface area contributed by atoms with Gasteiger partial charge in [0.15, 0.2) is 8.24 Å². The van der Waals surface area contributed by atoms with Gasteiger partial charge in [-0.2, -0.15) is 0 Å². The summed E-state index contributed by atoms with van der Waals surface area (Å²) in [6.45, 7) is 22.7. The number of amides is 1. The summed E-state index contributed by atoms with van der Waals surface area (Å²) < 4.78 is 14.3. The highest BCUT2D eigenvalue weighted by molar-refractivity contribution is 6.82. The second-order valence-electron chi connectivity index (χ2n) is 11.2. The van der Waals surface area contributed by atoms with Crippen LogP contribution in [0.2, 0.25) is 16.6 Å². The number of carbonyl (C=O) groups excluding carboxylic acids is 1. The molecule has 0 aliphatic carbocycles. The van der Waals surface area contributed by atoms with Gasteiger partial charge in [-0.05, 0) is 62.5 Å². The van der Waals surface area contributed by atoms with Gasteiger partial charge in [-0.3, -0.25) is 4.90 Å². The molecule has 2 aromatic rings. The second kappa shape index (κ2) is 8.43. The van der Waals surface area contributed by atoms with E-state index in [0.29, 0.717) is 23.2 Å². The Morgan fingerprint density at radius 1 is 1.06 bits per heavy atom. The maximum absolute atomic E-state index is 13.2. The Labute approximate surface area is 195 Å². The zero-order valence-electron chi connectivity index (χ0n) is 21.9. The number of aromatic nitrogens is 1. The van der Waals surface area contributed by atoms with Crippen molar-refractivity contribution in [3.8, 4) is 5.75 Å². The topological polar surface area (TPSA) is 43.7 Å². The Morgan fingerprint density at radius 3 is 2.09 bits per heavy atom. The Morgan fingerprint density at radius 2 is 1.62 bits per heavy atom. The summed E-state index contributed by atoms with van der Waals surface area (Å²) in [4.78, 5) is 15.0. The molecule has 1 aliphatic rings. The van der Waals surface area contributed by atoms with Crippen LogP contribution in [-0.2, 0) is 11.2 Å². The van der Waals surface area contributed by atoms with E-state index in [2.05, 4.69) is 65.0 Å². The molecule has 1 aromatic carbocycles. The van der Waals surface area contributed by atoms with Crippen LogP contribution in [0.5, 0.6) is 5.75 Å². The fourth-order valence-corrected chi connectivity index (χ4v) is 12.9. The minimum absolute atomic E-state index is 0.284. The van der Waals surface area contributed by atoms with Crippen molar-refractivity contribution in [2.24, 2.45) is 0 Å². The Hall–Kier alpha value is -1.95. The lowest BCUT2D eigenvalue weighted by molar-refractivity contribution is 0.0580. The fraction of sp³-hybridized carbons (Fsp3) is 0.654. The minimum Gasteiger partial charge on any atom is -0.496 e. The molecule has 32 heavy (non-hydrogen) atoms. The van der Waals surface area contributed by atoms with E-state index >= 15 is 0 Å². The first-order valence-corrected chi connectivity index (χ1v) is 14.2. The quantitative estimate of drug-likeness (QED) is 0.442. The monoisotopic (exact) mass is 458 g/mol. The average Bonchev–Trinajstić information content (AvgIpc) is 3.01. The highest BCUT2D eigenvalue weighted by atomic mass is 28.3. The van der Waals surface area contributed by atoms with Crippen molar-refractivity contribution in [3.05, 3.63) is 23.4 Å². The average molecular weight is 459 g/mol. The summed E-state index contributed by atoms with van der Waals surface area (Å²) >= 11 is 0. The molecule has 0 unspecified atom stereocenters. The molecule has 0 N–H and O–H groups in total. The Kier molecular flexibility index (Phi) is 6.51. The molecule has 0 bridgehead atoms. The van der Waals surface area contributed by atoms with Crippen LogP contribution in [0.15, 0.2) is 12.3 Å². The number of methoxy groups -OCH3 is 1. The summed E-state index contributed by atoms with van der Waals surface area (Å²) in [5.74, 6) is 0.827. The molecule has 178 valence electrons. The maximum Gasteiger partial charge on any atom is 0.414 e. The number of benzene rings is 1. The van der Waals surface area contributed by atoms with Crippen molar-refractivity contribution < 1.29 is 14.3 Å². The van der Waals surface area contributed by atoms with Gasteiger partial charge in [0.05, 0.1) is 12.8 Å². The molecule has 3 rings (SSSR count). The smallest absolute Gasteiger partial charge is 0.414 e. The maximum atomic E-state index is 13.2. The third kappa shape index (κ3) is 3.74. The molecule has 0 atom stereocenters. The molecule has 6 heteroatoms. The minimum atomic E-state index is -1.97. The van der Waals surface area contributed by atoms with Crippen LogP contribution in [0.4, 0.5) is 10.5 Å². The van der Waals surface area contributed by atoms with E-state index in [9.17, 15) is 4.79 Å². The van der Waals surface area contributed by atoms with Gasteiger partial charge >= 0.3 is 6.09 Å². The van der Waals surface area contributed by atoms with E-state index in [0.717, 1.165) is 23.4 Å². The standard InChI is InChI=1S/C26H42N2O3Si/c1-16(2)32(17(3)4,18(5)6)28-15-20-12-13-27(25(29)31-26(8,9)10)24-19(7)22(30-11)14-21(28)23(20)24/h14-18H,12-13H2,1-11H3. The van der Waals surface area contributed by atoms with E-state index in [1.807, 2.05) is 25.7 Å². The van der Waals surface area contributed by atoms with Crippen LogP contribution in [0.3, 0.4) is 0 Å². The number of nitrogens with zero attached hydrogens (tertiary/aromatic N) is 2. The van der Waals surface area contributed by atoms with Crippen molar-refractivity contribution in [2.45, 2.75) is 97.9 Å². The SMILES string of the molecule is COc1cc2c3c(cn2[Si](C(C)C)(C(C)C)C(C)C)CCN(C(=O)OC(C)(C)C)c3c1C. The molecule has 1 aromatic heterocycles. The van der Waals surface area contributed by atoms with Crippen LogP contribution in [-0.4, -0.2) is 37.8 Å². The molecule has 2 heterocycles.